The molecule has 1 aromatic rings. The van der Waals surface area contributed by atoms with Gasteiger partial charge in [0.25, 0.3) is 0 Å². The molecule has 0 radical (unpaired) electrons. The molecule has 1 aromatic carbocycles. The highest BCUT2D eigenvalue weighted by atomic mass is 35.5. The van der Waals surface area contributed by atoms with E-state index in [1.807, 2.05) is 6.07 Å². The van der Waals surface area contributed by atoms with E-state index in [0.29, 0.717) is 10.6 Å². The van der Waals surface area contributed by atoms with Crippen LogP contribution in [-0.4, -0.2) is 5.11 Å². The standard InChI is InChI=1S/C9H7Cl2NO/c1-5(13)6-2-3-8(10)7(4-12)9(6)11/h2-3,5,13H,1H3. The summed E-state index contributed by atoms with van der Waals surface area (Å²) in [7, 11) is 0. The van der Waals surface area contributed by atoms with Crippen molar-refractivity contribution in [2.45, 2.75) is 13.0 Å². The summed E-state index contributed by atoms with van der Waals surface area (Å²) in [5, 5.41) is 18.5. The lowest BCUT2D eigenvalue weighted by molar-refractivity contribution is 0.199. The van der Waals surface area contributed by atoms with Crippen LogP contribution < -0.4 is 0 Å². The summed E-state index contributed by atoms with van der Waals surface area (Å²) in [4.78, 5) is 0. The minimum Gasteiger partial charge on any atom is -0.389 e. The van der Waals surface area contributed by atoms with Gasteiger partial charge in [-0.25, -0.2) is 0 Å². The molecule has 0 spiro atoms. The molecule has 0 aliphatic heterocycles. The summed E-state index contributed by atoms with van der Waals surface area (Å²) < 4.78 is 0. The molecule has 1 rings (SSSR count). The van der Waals surface area contributed by atoms with Crippen LogP contribution >= 0.6 is 23.2 Å². The van der Waals surface area contributed by atoms with Crippen molar-refractivity contribution in [1.82, 2.24) is 0 Å². The molecular weight excluding hydrogens is 209 g/mol. The number of benzene rings is 1. The average Bonchev–Trinajstić information content (AvgIpc) is 2.04. The molecule has 0 bridgehead atoms. The maximum atomic E-state index is 9.28. The normalized spacial score (nSPS) is 12.2. The second-order valence-electron chi connectivity index (χ2n) is 2.61. The van der Waals surface area contributed by atoms with Gasteiger partial charge in [-0.05, 0) is 13.0 Å². The molecule has 0 aliphatic rings. The SMILES string of the molecule is CC(O)c1ccc(Cl)c(C#N)c1Cl. The van der Waals surface area contributed by atoms with E-state index in [1.54, 1.807) is 19.1 Å². The molecule has 1 atom stereocenters. The smallest absolute Gasteiger partial charge is 0.102 e. The van der Waals surface area contributed by atoms with E-state index in [2.05, 4.69) is 0 Å². The van der Waals surface area contributed by atoms with E-state index < -0.39 is 6.10 Å². The van der Waals surface area contributed by atoms with E-state index >= 15 is 0 Å². The zero-order valence-electron chi connectivity index (χ0n) is 6.88. The zero-order chi connectivity index (χ0) is 10.0. The van der Waals surface area contributed by atoms with Gasteiger partial charge in [0, 0.05) is 5.56 Å². The highest BCUT2D eigenvalue weighted by molar-refractivity contribution is 6.37. The first kappa shape index (κ1) is 10.3. The lowest BCUT2D eigenvalue weighted by Gasteiger charge is -2.08. The quantitative estimate of drug-likeness (QED) is 0.784. The molecular formula is C9H7Cl2NO. The second-order valence-corrected chi connectivity index (χ2v) is 3.40. The molecule has 4 heteroatoms. The van der Waals surface area contributed by atoms with Gasteiger partial charge in [0.05, 0.1) is 21.7 Å². The van der Waals surface area contributed by atoms with Gasteiger partial charge >= 0.3 is 0 Å². The second kappa shape index (κ2) is 3.97. The topological polar surface area (TPSA) is 44.0 Å². The van der Waals surface area contributed by atoms with Crippen molar-refractivity contribution < 1.29 is 5.11 Å². The Morgan fingerprint density at radius 2 is 2.08 bits per heavy atom. The predicted octanol–water partition coefficient (Wildman–Crippen LogP) is 2.92. The molecule has 0 saturated heterocycles. The van der Waals surface area contributed by atoms with E-state index in [0.717, 1.165) is 0 Å². The highest BCUT2D eigenvalue weighted by Crippen LogP contribution is 2.30. The number of hydrogen-bond donors (Lipinski definition) is 1. The van der Waals surface area contributed by atoms with E-state index in [1.165, 1.54) is 0 Å². The molecule has 0 aromatic heterocycles. The first-order valence-electron chi connectivity index (χ1n) is 3.64. The molecule has 0 fully saturated rings. The lowest BCUT2D eigenvalue weighted by atomic mass is 10.1. The Kier molecular flexibility index (Phi) is 3.16. The molecule has 0 heterocycles. The average molecular weight is 216 g/mol. The lowest BCUT2D eigenvalue weighted by Crippen LogP contribution is -1.94. The molecule has 68 valence electrons. The maximum absolute atomic E-state index is 9.28. The number of aliphatic hydroxyl groups is 1. The summed E-state index contributed by atoms with van der Waals surface area (Å²) in [6.45, 7) is 1.58. The van der Waals surface area contributed by atoms with Crippen molar-refractivity contribution in [1.29, 1.82) is 5.26 Å². The van der Waals surface area contributed by atoms with Gasteiger partial charge in [-0.1, -0.05) is 29.3 Å². The summed E-state index contributed by atoms with van der Waals surface area (Å²) in [6.07, 6.45) is -0.697. The third-order valence-corrected chi connectivity index (χ3v) is 2.41. The number of hydrogen-bond acceptors (Lipinski definition) is 2. The van der Waals surface area contributed by atoms with E-state index in [4.69, 9.17) is 28.5 Å². The fourth-order valence-corrected chi connectivity index (χ4v) is 1.61. The molecule has 0 amide bonds. The minimum absolute atomic E-state index is 0.210. The van der Waals surface area contributed by atoms with Crippen LogP contribution in [0.4, 0.5) is 0 Å². The van der Waals surface area contributed by atoms with Gasteiger partial charge < -0.3 is 5.11 Å². The number of rotatable bonds is 1. The first-order valence-corrected chi connectivity index (χ1v) is 4.39. The highest BCUT2D eigenvalue weighted by Gasteiger charge is 2.12. The molecule has 0 aliphatic carbocycles. The maximum Gasteiger partial charge on any atom is 0.102 e. The van der Waals surface area contributed by atoms with Gasteiger partial charge in [-0.3, -0.25) is 0 Å². The van der Waals surface area contributed by atoms with Crippen LogP contribution in [0.2, 0.25) is 10.0 Å². The fraction of sp³-hybridized carbons (Fsp3) is 0.222. The van der Waals surface area contributed by atoms with Crippen molar-refractivity contribution in [3.8, 4) is 6.07 Å². The van der Waals surface area contributed by atoms with Gasteiger partial charge in [0.1, 0.15) is 6.07 Å². The van der Waals surface area contributed by atoms with Gasteiger partial charge in [0.15, 0.2) is 0 Å². The Morgan fingerprint density at radius 3 is 2.54 bits per heavy atom. The molecule has 0 saturated carbocycles. The Morgan fingerprint density at radius 1 is 1.46 bits per heavy atom. The fourth-order valence-electron chi connectivity index (χ4n) is 0.994. The van der Waals surface area contributed by atoms with Crippen LogP contribution in [0.1, 0.15) is 24.2 Å². The summed E-state index contributed by atoms with van der Waals surface area (Å²) in [6, 6.07) is 5.04. The minimum atomic E-state index is -0.697. The van der Waals surface area contributed by atoms with Gasteiger partial charge in [-0.2, -0.15) is 5.26 Å². The monoisotopic (exact) mass is 215 g/mol. The number of nitrogens with zero attached hydrogens (tertiary/aromatic N) is 1. The van der Waals surface area contributed by atoms with Crippen LogP contribution in [-0.2, 0) is 0 Å². The Hall–Kier alpha value is -0.750. The van der Waals surface area contributed by atoms with Crippen molar-refractivity contribution in [2.75, 3.05) is 0 Å². The predicted molar refractivity (Wildman–Crippen MR) is 51.8 cm³/mol. The number of aliphatic hydroxyl groups excluding tert-OH is 1. The Balaban J connectivity index is 3.38. The third-order valence-electron chi connectivity index (χ3n) is 1.68. The Labute approximate surface area is 86.3 Å². The third kappa shape index (κ3) is 1.94. The van der Waals surface area contributed by atoms with Crippen molar-refractivity contribution in [3.05, 3.63) is 33.3 Å². The zero-order valence-corrected chi connectivity index (χ0v) is 8.39. The van der Waals surface area contributed by atoms with Crippen LogP contribution in [0.5, 0.6) is 0 Å². The molecule has 2 nitrogen and oxygen atoms in total. The number of halogens is 2. The van der Waals surface area contributed by atoms with E-state index in [-0.39, 0.29) is 10.6 Å². The summed E-state index contributed by atoms with van der Waals surface area (Å²) >= 11 is 11.6. The van der Waals surface area contributed by atoms with Crippen molar-refractivity contribution in [2.24, 2.45) is 0 Å². The van der Waals surface area contributed by atoms with Crippen molar-refractivity contribution in [3.63, 3.8) is 0 Å². The molecule has 1 unspecified atom stereocenters. The van der Waals surface area contributed by atoms with Crippen molar-refractivity contribution >= 4 is 23.2 Å². The largest absolute Gasteiger partial charge is 0.389 e. The van der Waals surface area contributed by atoms with Crippen LogP contribution in [0.3, 0.4) is 0 Å². The van der Waals surface area contributed by atoms with Crippen LogP contribution in [0.15, 0.2) is 12.1 Å². The van der Waals surface area contributed by atoms with Gasteiger partial charge in [0.2, 0.25) is 0 Å². The summed E-state index contributed by atoms with van der Waals surface area (Å²) in [5.41, 5.74) is 0.726. The Bertz CT molecular complexity index is 369. The molecule has 1 N–H and O–H groups in total. The van der Waals surface area contributed by atoms with Crippen LogP contribution in [0.25, 0.3) is 0 Å². The van der Waals surface area contributed by atoms with Crippen LogP contribution in [0, 0.1) is 11.3 Å². The summed E-state index contributed by atoms with van der Waals surface area (Å²) in [5.74, 6) is 0. The van der Waals surface area contributed by atoms with E-state index in [9.17, 15) is 5.11 Å². The number of nitriles is 1. The molecule has 13 heavy (non-hydrogen) atoms. The first-order chi connectivity index (χ1) is 6.07. The van der Waals surface area contributed by atoms with Gasteiger partial charge in [-0.15, -0.1) is 0 Å².